The van der Waals surface area contributed by atoms with E-state index in [1.807, 2.05) is 24.7 Å². The van der Waals surface area contributed by atoms with Gasteiger partial charge in [-0.25, -0.2) is 4.98 Å². The number of ether oxygens (including phenoxy) is 1. The monoisotopic (exact) mass is 428 g/mol. The van der Waals surface area contributed by atoms with Gasteiger partial charge in [0.15, 0.2) is 0 Å². The number of benzene rings is 2. The minimum atomic E-state index is 0. The van der Waals surface area contributed by atoms with Crippen LogP contribution in [0.25, 0.3) is 0 Å². The first-order valence-electron chi connectivity index (χ1n) is 10.2. The molecule has 0 spiro atoms. The molecular weight excluding hydrogens is 403 g/mol. The maximum Gasteiger partial charge on any atom is 0.0946 e. The van der Waals surface area contributed by atoms with Crippen LogP contribution in [-0.2, 0) is 24.3 Å². The van der Waals surface area contributed by atoms with Gasteiger partial charge in [0, 0.05) is 29.9 Å². The lowest BCUT2D eigenvalue weighted by atomic mass is 9.68. The third-order valence-electron chi connectivity index (χ3n) is 6.31. The van der Waals surface area contributed by atoms with Crippen molar-refractivity contribution in [3.63, 3.8) is 0 Å². The molecule has 2 aromatic carbocycles. The first kappa shape index (κ1) is 20.5. The number of rotatable bonds is 5. The fourth-order valence-corrected chi connectivity index (χ4v) is 5.21. The highest BCUT2D eigenvalue weighted by molar-refractivity contribution is 6.30. The van der Waals surface area contributed by atoms with Gasteiger partial charge in [0.2, 0.25) is 0 Å². The zero-order valence-corrected chi connectivity index (χ0v) is 17.9. The van der Waals surface area contributed by atoms with E-state index in [0.717, 1.165) is 17.1 Å². The molecular formula is C24H26Cl2N2O. The summed E-state index contributed by atoms with van der Waals surface area (Å²) in [6.45, 7) is 1.56. The fourth-order valence-electron chi connectivity index (χ4n) is 5.09. The minimum absolute atomic E-state index is 0. The highest BCUT2D eigenvalue weighted by atomic mass is 35.5. The van der Waals surface area contributed by atoms with Gasteiger partial charge in [-0.2, -0.15) is 0 Å². The molecule has 0 saturated heterocycles. The second-order valence-electron chi connectivity index (χ2n) is 8.12. The molecule has 5 heteroatoms. The quantitative estimate of drug-likeness (QED) is 0.472. The molecule has 0 aliphatic heterocycles. The molecule has 0 saturated carbocycles. The molecule has 0 fully saturated rings. The Morgan fingerprint density at radius 2 is 2.00 bits per heavy atom. The molecule has 3 atom stereocenters. The molecule has 3 unspecified atom stereocenters. The maximum atomic E-state index is 6.59. The van der Waals surface area contributed by atoms with E-state index < -0.39 is 0 Å². The van der Waals surface area contributed by atoms with Crippen LogP contribution < -0.4 is 0 Å². The number of aryl methyl sites for hydroxylation is 1. The summed E-state index contributed by atoms with van der Waals surface area (Å²) in [4.78, 5) is 4.23. The number of nitrogens with zero attached hydrogens (tertiary/aromatic N) is 2. The average molecular weight is 429 g/mol. The van der Waals surface area contributed by atoms with E-state index in [0.29, 0.717) is 18.4 Å². The lowest BCUT2D eigenvalue weighted by Gasteiger charge is -2.41. The summed E-state index contributed by atoms with van der Waals surface area (Å²) in [6.07, 6.45) is 10.9. The van der Waals surface area contributed by atoms with Gasteiger partial charge in [0.05, 0.1) is 19.0 Å². The van der Waals surface area contributed by atoms with Crippen LogP contribution in [0, 0.1) is 5.92 Å². The van der Waals surface area contributed by atoms with Gasteiger partial charge in [-0.1, -0.05) is 41.9 Å². The summed E-state index contributed by atoms with van der Waals surface area (Å²) in [5.41, 5.74) is 5.69. The number of hydrogen-bond acceptors (Lipinski definition) is 2. The van der Waals surface area contributed by atoms with Crippen LogP contribution in [0.4, 0.5) is 0 Å². The fraction of sp³-hybridized carbons (Fsp3) is 0.375. The lowest BCUT2D eigenvalue weighted by molar-refractivity contribution is -0.0193. The predicted molar refractivity (Wildman–Crippen MR) is 119 cm³/mol. The SMILES string of the molecule is Cl.Clc1ccc(COC2c3cccc4c3C(CCC4)CC2Cn2ccnc2)cc1. The van der Waals surface area contributed by atoms with E-state index in [1.54, 1.807) is 5.56 Å². The van der Waals surface area contributed by atoms with E-state index >= 15 is 0 Å². The Morgan fingerprint density at radius 3 is 2.79 bits per heavy atom. The molecule has 0 amide bonds. The van der Waals surface area contributed by atoms with Crippen LogP contribution in [-0.4, -0.2) is 9.55 Å². The van der Waals surface area contributed by atoms with Crippen molar-refractivity contribution in [2.24, 2.45) is 5.92 Å². The second kappa shape index (κ2) is 8.91. The van der Waals surface area contributed by atoms with Crippen molar-refractivity contribution < 1.29 is 4.74 Å². The van der Waals surface area contributed by atoms with E-state index in [9.17, 15) is 0 Å². The lowest BCUT2D eigenvalue weighted by Crippen LogP contribution is -2.31. The number of halogens is 2. The normalized spacial score (nSPS) is 22.6. The van der Waals surface area contributed by atoms with Gasteiger partial charge in [-0.3, -0.25) is 0 Å². The van der Waals surface area contributed by atoms with Crippen LogP contribution in [0.5, 0.6) is 0 Å². The van der Waals surface area contributed by atoms with Crippen molar-refractivity contribution in [2.45, 2.75) is 50.9 Å². The van der Waals surface area contributed by atoms with E-state index in [4.69, 9.17) is 16.3 Å². The van der Waals surface area contributed by atoms with E-state index in [1.165, 1.54) is 36.8 Å². The summed E-state index contributed by atoms with van der Waals surface area (Å²) >= 11 is 6.04. The van der Waals surface area contributed by atoms with Crippen molar-refractivity contribution in [1.82, 2.24) is 9.55 Å². The highest BCUT2D eigenvalue weighted by Gasteiger charge is 2.38. The zero-order chi connectivity index (χ0) is 18.9. The first-order chi connectivity index (χ1) is 13.8. The minimum Gasteiger partial charge on any atom is -0.368 e. The Bertz CT molecular complexity index is 940. The van der Waals surface area contributed by atoms with Gasteiger partial charge in [-0.15, -0.1) is 12.4 Å². The highest BCUT2D eigenvalue weighted by Crippen LogP contribution is 2.49. The molecule has 0 radical (unpaired) electrons. The van der Waals surface area contributed by atoms with Crippen LogP contribution in [0.1, 0.15) is 53.5 Å². The molecule has 1 aromatic heterocycles. The molecule has 1 heterocycles. The first-order valence-corrected chi connectivity index (χ1v) is 10.6. The third kappa shape index (κ3) is 4.23. The van der Waals surface area contributed by atoms with E-state index in [2.05, 4.69) is 46.1 Å². The summed E-state index contributed by atoms with van der Waals surface area (Å²) in [6, 6.07) is 14.8. The molecule has 2 aliphatic rings. The summed E-state index contributed by atoms with van der Waals surface area (Å²) in [5, 5.41) is 0.763. The Kier molecular flexibility index (Phi) is 6.29. The molecule has 2 aliphatic carbocycles. The van der Waals surface area contributed by atoms with Crippen LogP contribution in [0.3, 0.4) is 0 Å². The molecule has 29 heavy (non-hydrogen) atoms. The number of hydrogen-bond donors (Lipinski definition) is 0. The maximum absolute atomic E-state index is 6.59. The standard InChI is InChI=1S/C24H25ClN2O.ClH/c25-21-9-7-17(8-10-21)15-28-24-20(14-27-12-11-26-16-27)13-19-5-1-3-18-4-2-6-22(24)23(18)19;/h2,4,6-12,16,19-20,24H,1,3,5,13-15H2;1H. The van der Waals surface area contributed by atoms with Crippen LogP contribution in [0.2, 0.25) is 5.02 Å². The zero-order valence-electron chi connectivity index (χ0n) is 16.3. The third-order valence-corrected chi connectivity index (χ3v) is 6.56. The van der Waals surface area contributed by atoms with Crippen LogP contribution >= 0.6 is 24.0 Å². The van der Waals surface area contributed by atoms with Gasteiger partial charge in [0.25, 0.3) is 0 Å². The Hall–Kier alpha value is -1.81. The van der Waals surface area contributed by atoms with Crippen molar-refractivity contribution in [3.8, 4) is 0 Å². The Labute approximate surface area is 183 Å². The molecule has 3 aromatic rings. The smallest absolute Gasteiger partial charge is 0.0946 e. The van der Waals surface area contributed by atoms with Gasteiger partial charge in [-0.05, 0) is 66.0 Å². The number of aromatic nitrogens is 2. The second-order valence-corrected chi connectivity index (χ2v) is 8.56. The van der Waals surface area contributed by atoms with Crippen molar-refractivity contribution in [3.05, 3.63) is 88.5 Å². The van der Waals surface area contributed by atoms with Crippen LogP contribution in [0.15, 0.2) is 61.2 Å². The van der Waals surface area contributed by atoms with Gasteiger partial charge in [0.1, 0.15) is 0 Å². The largest absolute Gasteiger partial charge is 0.368 e. The molecule has 0 N–H and O–H groups in total. The van der Waals surface area contributed by atoms with E-state index in [-0.39, 0.29) is 18.5 Å². The van der Waals surface area contributed by atoms with Crippen molar-refractivity contribution >= 4 is 24.0 Å². The average Bonchev–Trinajstić information content (AvgIpc) is 3.22. The van der Waals surface area contributed by atoms with Gasteiger partial charge < -0.3 is 9.30 Å². The molecule has 3 nitrogen and oxygen atoms in total. The molecule has 5 rings (SSSR count). The Balaban J connectivity index is 0.00000205. The van der Waals surface area contributed by atoms with Crippen molar-refractivity contribution in [2.75, 3.05) is 0 Å². The van der Waals surface area contributed by atoms with Crippen molar-refractivity contribution in [1.29, 1.82) is 0 Å². The molecule has 152 valence electrons. The summed E-state index contributed by atoms with van der Waals surface area (Å²) < 4.78 is 8.79. The molecule has 0 bridgehead atoms. The summed E-state index contributed by atoms with van der Waals surface area (Å²) in [7, 11) is 0. The number of imidazole rings is 1. The summed E-state index contributed by atoms with van der Waals surface area (Å²) in [5.74, 6) is 1.12. The Morgan fingerprint density at radius 1 is 1.14 bits per heavy atom. The predicted octanol–water partition coefficient (Wildman–Crippen LogP) is 6.36. The van der Waals surface area contributed by atoms with Gasteiger partial charge >= 0.3 is 0 Å². The topological polar surface area (TPSA) is 27.1 Å².